The third-order valence-corrected chi connectivity index (χ3v) is 3.29. The van der Waals surface area contributed by atoms with Crippen LogP contribution in [0.15, 0.2) is 0 Å². The van der Waals surface area contributed by atoms with E-state index in [-0.39, 0.29) is 0 Å². The highest BCUT2D eigenvalue weighted by Gasteiger charge is 2.21. The van der Waals surface area contributed by atoms with Crippen LogP contribution in [-0.2, 0) is 4.79 Å². The molecule has 1 aliphatic heterocycles. The first-order chi connectivity index (χ1) is 6.25. The lowest BCUT2D eigenvalue weighted by Crippen LogP contribution is -2.44. The van der Waals surface area contributed by atoms with Crippen molar-refractivity contribution in [2.45, 2.75) is 19.4 Å². The molecule has 1 aliphatic rings. The molecule has 4 heteroatoms. The first-order valence-electron chi connectivity index (χ1n) is 4.77. The Morgan fingerprint density at radius 3 is 3.15 bits per heavy atom. The van der Waals surface area contributed by atoms with E-state index in [9.17, 15) is 4.79 Å². The van der Waals surface area contributed by atoms with Crippen molar-refractivity contribution < 1.29 is 4.79 Å². The molecule has 1 atom stereocenters. The number of carbonyl (C=O) groups excluding carboxylic acids is 1. The summed E-state index contributed by atoms with van der Waals surface area (Å²) in [5.74, 6) is 2.08. The molecule has 0 aromatic heterocycles. The second-order valence-electron chi connectivity index (χ2n) is 3.40. The monoisotopic (exact) mass is 202 g/mol. The average Bonchev–Trinajstić information content (AvgIpc) is 2.30. The van der Waals surface area contributed by atoms with Crippen LogP contribution in [-0.4, -0.2) is 48.5 Å². The Bertz CT molecular complexity index is 175. The Morgan fingerprint density at radius 1 is 1.69 bits per heavy atom. The molecule has 1 N–H and O–H groups in total. The highest BCUT2D eigenvalue weighted by molar-refractivity contribution is 7.99. The molecule has 1 amide bonds. The van der Waals surface area contributed by atoms with Crippen molar-refractivity contribution in [2.75, 3.05) is 31.6 Å². The molecule has 76 valence electrons. The van der Waals surface area contributed by atoms with Gasteiger partial charge >= 0.3 is 0 Å². The minimum Gasteiger partial charge on any atom is -0.338 e. The number of thioether (sulfide) groups is 1. The van der Waals surface area contributed by atoms with Gasteiger partial charge in [0.05, 0.1) is 5.75 Å². The van der Waals surface area contributed by atoms with E-state index in [1.165, 1.54) is 0 Å². The van der Waals surface area contributed by atoms with Gasteiger partial charge in [-0.1, -0.05) is 0 Å². The number of hydrogen-bond donors (Lipinski definition) is 1. The molecule has 0 aromatic carbocycles. The largest absolute Gasteiger partial charge is 0.338 e. The van der Waals surface area contributed by atoms with Crippen molar-refractivity contribution in [1.29, 1.82) is 0 Å². The minimum absolute atomic E-state index is 0.297. The number of likely N-dealkylation sites (N-methyl/N-ethyl adjacent to an activating group) is 1. The lowest BCUT2D eigenvalue weighted by Gasteiger charge is -2.27. The Hall–Kier alpha value is -0.220. The Labute approximate surface area is 84.2 Å². The molecular weight excluding hydrogens is 184 g/mol. The van der Waals surface area contributed by atoms with E-state index >= 15 is 0 Å². The fraction of sp³-hybridized carbons (Fsp3) is 0.889. The van der Waals surface area contributed by atoms with Gasteiger partial charge in [0, 0.05) is 19.1 Å². The number of nitrogens with one attached hydrogen (secondary N) is 1. The van der Waals surface area contributed by atoms with Crippen LogP contribution in [0.3, 0.4) is 0 Å². The van der Waals surface area contributed by atoms with E-state index < -0.39 is 0 Å². The number of hydrogen-bond acceptors (Lipinski definition) is 3. The average molecular weight is 202 g/mol. The van der Waals surface area contributed by atoms with Crippen molar-refractivity contribution in [3.63, 3.8) is 0 Å². The van der Waals surface area contributed by atoms with Gasteiger partial charge in [0.25, 0.3) is 0 Å². The smallest absolute Gasteiger partial charge is 0.232 e. The zero-order chi connectivity index (χ0) is 9.68. The number of rotatable bonds is 3. The third-order valence-electron chi connectivity index (χ3n) is 2.27. The predicted octanol–water partition coefficient (Wildman–Crippen LogP) is 0.560. The molecule has 0 aliphatic carbocycles. The van der Waals surface area contributed by atoms with E-state index in [1.54, 1.807) is 11.8 Å². The summed E-state index contributed by atoms with van der Waals surface area (Å²) in [5, 5.41) is 3.11. The first-order valence-corrected chi connectivity index (χ1v) is 5.93. The zero-order valence-corrected chi connectivity index (χ0v) is 9.19. The summed E-state index contributed by atoms with van der Waals surface area (Å²) in [6.07, 6.45) is 1.13. The fourth-order valence-electron chi connectivity index (χ4n) is 1.58. The van der Waals surface area contributed by atoms with Crippen LogP contribution in [0.2, 0.25) is 0 Å². The van der Waals surface area contributed by atoms with Crippen molar-refractivity contribution in [3.05, 3.63) is 0 Å². The summed E-state index contributed by atoms with van der Waals surface area (Å²) in [6.45, 7) is 3.91. The molecule has 1 unspecified atom stereocenters. The molecule has 0 radical (unpaired) electrons. The van der Waals surface area contributed by atoms with Gasteiger partial charge < -0.3 is 10.2 Å². The molecule has 1 heterocycles. The lowest BCUT2D eigenvalue weighted by atomic mass is 10.2. The zero-order valence-electron chi connectivity index (χ0n) is 8.38. The lowest BCUT2D eigenvalue weighted by molar-refractivity contribution is -0.130. The minimum atomic E-state index is 0.297. The summed E-state index contributed by atoms with van der Waals surface area (Å²) < 4.78 is 0. The summed E-state index contributed by atoms with van der Waals surface area (Å²) in [5.41, 5.74) is 0. The second-order valence-corrected chi connectivity index (χ2v) is 4.51. The molecule has 3 nitrogen and oxygen atoms in total. The van der Waals surface area contributed by atoms with Gasteiger partial charge in [-0.3, -0.25) is 4.79 Å². The Balaban J connectivity index is 2.48. The SMILES string of the molecule is CNCC(C)N1CCCSCC1=O. The molecule has 0 bridgehead atoms. The van der Waals surface area contributed by atoms with Gasteiger partial charge in [-0.2, -0.15) is 11.8 Å². The summed E-state index contributed by atoms with van der Waals surface area (Å²) in [6, 6.07) is 0.330. The van der Waals surface area contributed by atoms with Crippen LogP contribution in [0.5, 0.6) is 0 Å². The van der Waals surface area contributed by atoms with Crippen molar-refractivity contribution in [3.8, 4) is 0 Å². The highest BCUT2D eigenvalue weighted by atomic mass is 32.2. The van der Waals surface area contributed by atoms with Crippen LogP contribution in [0.1, 0.15) is 13.3 Å². The van der Waals surface area contributed by atoms with Crippen LogP contribution < -0.4 is 5.32 Å². The first kappa shape index (κ1) is 10.9. The van der Waals surface area contributed by atoms with E-state index in [2.05, 4.69) is 12.2 Å². The van der Waals surface area contributed by atoms with Crippen molar-refractivity contribution >= 4 is 17.7 Å². The van der Waals surface area contributed by atoms with Gasteiger partial charge in [0.1, 0.15) is 0 Å². The quantitative estimate of drug-likeness (QED) is 0.726. The van der Waals surface area contributed by atoms with Crippen LogP contribution in [0, 0.1) is 0 Å². The molecule has 13 heavy (non-hydrogen) atoms. The molecule has 1 rings (SSSR count). The van der Waals surface area contributed by atoms with E-state index in [0.29, 0.717) is 17.7 Å². The number of nitrogens with zero attached hydrogens (tertiary/aromatic N) is 1. The maximum absolute atomic E-state index is 11.6. The standard InChI is InChI=1S/C9H18N2OS/c1-8(6-10-2)11-4-3-5-13-7-9(11)12/h8,10H,3-7H2,1-2H3. The van der Waals surface area contributed by atoms with Crippen LogP contribution in [0.25, 0.3) is 0 Å². The van der Waals surface area contributed by atoms with Gasteiger partial charge in [0.2, 0.25) is 5.91 Å². The summed E-state index contributed by atoms with van der Waals surface area (Å²) in [7, 11) is 1.92. The maximum Gasteiger partial charge on any atom is 0.232 e. The normalized spacial score (nSPS) is 21.4. The fourth-order valence-corrected chi connectivity index (χ4v) is 2.39. The van der Waals surface area contributed by atoms with Crippen LogP contribution >= 0.6 is 11.8 Å². The second kappa shape index (κ2) is 5.50. The van der Waals surface area contributed by atoms with Gasteiger partial charge in [0.15, 0.2) is 0 Å². The van der Waals surface area contributed by atoms with Gasteiger partial charge in [-0.25, -0.2) is 0 Å². The predicted molar refractivity (Wildman–Crippen MR) is 57.0 cm³/mol. The summed E-state index contributed by atoms with van der Waals surface area (Å²) in [4.78, 5) is 13.6. The van der Waals surface area contributed by atoms with Crippen molar-refractivity contribution in [2.24, 2.45) is 0 Å². The number of carbonyl (C=O) groups is 1. The van der Waals surface area contributed by atoms with Gasteiger partial charge in [-0.15, -0.1) is 0 Å². The molecule has 1 saturated heterocycles. The Kier molecular flexibility index (Phi) is 4.59. The van der Waals surface area contributed by atoms with Gasteiger partial charge in [-0.05, 0) is 26.1 Å². The Morgan fingerprint density at radius 2 is 2.46 bits per heavy atom. The van der Waals surface area contributed by atoms with E-state index in [4.69, 9.17) is 0 Å². The highest BCUT2D eigenvalue weighted by Crippen LogP contribution is 2.13. The molecule has 0 saturated carbocycles. The van der Waals surface area contributed by atoms with Crippen molar-refractivity contribution in [1.82, 2.24) is 10.2 Å². The molecule has 0 aromatic rings. The molecule has 0 spiro atoms. The third kappa shape index (κ3) is 3.19. The van der Waals surface area contributed by atoms with E-state index in [1.807, 2.05) is 11.9 Å². The molecular formula is C9H18N2OS. The summed E-state index contributed by atoms with van der Waals surface area (Å²) >= 11 is 1.75. The topological polar surface area (TPSA) is 32.3 Å². The van der Waals surface area contributed by atoms with Crippen LogP contribution in [0.4, 0.5) is 0 Å². The maximum atomic E-state index is 11.6. The van der Waals surface area contributed by atoms with E-state index in [0.717, 1.165) is 25.3 Å². The number of amides is 1. The molecule has 1 fully saturated rings.